The third-order valence-corrected chi connectivity index (χ3v) is 23.7. The predicted octanol–water partition coefficient (Wildman–Crippen LogP) is 29.2. The second-order valence-corrected chi connectivity index (χ2v) is 33.4. The van der Waals surface area contributed by atoms with Gasteiger partial charge in [-0.15, -0.1) is 22.7 Å². The Morgan fingerprint density at radius 3 is 0.835 bits per heavy atom. The summed E-state index contributed by atoms with van der Waals surface area (Å²) in [6.45, 7) is 21.3. The fourth-order valence-electron chi connectivity index (χ4n) is 14.7. The van der Waals surface area contributed by atoms with E-state index in [1.807, 2.05) is 24.3 Å². The Morgan fingerprint density at radius 2 is 0.560 bits per heavy atom. The number of halogens is 6. The van der Waals surface area contributed by atoms with Gasteiger partial charge >= 0.3 is 17.8 Å². The maximum absolute atomic E-state index is 16.7. The fourth-order valence-corrected chi connectivity index (χ4v) is 16.8. The Bertz CT molecular complexity index is 3230. The van der Waals surface area contributed by atoms with Crippen molar-refractivity contribution in [1.82, 2.24) is 29.9 Å². The molecule has 6 aromatic rings. The predicted molar refractivity (Wildman–Crippen MR) is 455 cm³/mol. The third-order valence-electron chi connectivity index (χ3n) is 21.5. The minimum absolute atomic E-state index is 0.210. The minimum atomic E-state index is -5.72. The highest BCUT2D eigenvalue weighted by atomic mass is 32.1. The van der Waals surface area contributed by atoms with Crippen LogP contribution in [0.3, 0.4) is 0 Å². The Balaban J connectivity index is 1.11. The molecule has 0 saturated heterocycles. The average Bonchev–Trinajstić information content (AvgIpc) is 1.53. The number of alkyl halides is 6. The van der Waals surface area contributed by atoms with Crippen molar-refractivity contribution in [3.63, 3.8) is 0 Å². The number of aromatic nitrogens is 6. The van der Waals surface area contributed by atoms with Crippen LogP contribution in [-0.2, 0) is 0 Å². The van der Waals surface area contributed by atoms with Gasteiger partial charge in [0.1, 0.15) is 0 Å². The van der Waals surface area contributed by atoms with Crippen LogP contribution in [0.15, 0.2) is 60.7 Å². The summed E-state index contributed by atoms with van der Waals surface area (Å²) >= 11 is 2.19. The average molecular weight is 1550 g/mol. The van der Waals surface area contributed by atoms with Crippen LogP contribution < -0.4 is 31.1 Å². The normalized spacial score (nSPS) is 13.8. The first kappa shape index (κ1) is 90.2. The molecule has 12 nitrogen and oxygen atoms in total. The molecule has 4 N–H and O–H groups in total. The summed E-state index contributed by atoms with van der Waals surface area (Å²) in [4.78, 5) is 35.9. The molecule has 2 aromatic carbocycles. The summed E-state index contributed by atoms with van der Waals surface area (Å²) in [6.07, 6.45) is 52.9. The zero-order valence-corrected chi connectivity index (χ0v) is 69.9. The van der Waals surface area contributed by atoms with Crippen LogP contribution in [0.4, 0.5) is 73.4 Å². The van der Waals surface area contributed by atoms with E-state index in [1.165, 1.54) is 231 Å². The number of unbranched alkanes of at least 4 members (excludes halogenated alkanes) is 38. The van der Waals surface area contributed by atoms with Gasteiger partial charge in [0.25, 0.3) is 0 Å². The van der Waals surface area contributed by atoms with Crippen molar-refractivity contribution in [2.24, 2.45) is 0 Å². The molecular formula is C89H138F6N12S2. The van der Waals surface area contributed by atoms with Gasteiger partial charge in [0.05, 0.1) is 0 Å². The third kappa shape index (κ3) is 29.5. The summed E-state index contributed by atoms with van der Waals surface area (Å²) in [6, 6.07) is 17.2. The van der Waals surface area contributed by atoms with Crippen LogP contribution in [0.25, 0.3) is 32.0 Å². The molecule has 4 aromatic heterocycles. The number of benzene rings is 2. The first-order valence-corrected chi connectivity index (χ1v) is 45.0. The van der Waals surface area contributed by atoms with E-state index in [1.54, 1.807) is 24.3 Å². The van der Waals surface area contributed by atoms with Gasteiger partial charge in [-0.3, -0.25) is 0 Å². The van der Waals surface area contributed by atoms with E-state index < -0.39 is 28.9 Å². The lowest BCUT2D eigenvalue weighted by Gasteiger charge is -2.25. The van der Waals surface area contributed by atoms with E-state index >= 15 is 26.3 Å². The second-order valence-electron chi connectivity index (χ2n) is 30.9. The van der Waals surface area contributed by atoms with E-state index in [0.29, 0.717) is 67.9 Å². The molecule has 0 saturated carbocycles. The lowest BCUT2D eigenvalue weighted by atomic mass is 9.94. The summed E-state index contributed by atoms with van der Waals surface area (Å²) in [5, 5.41) is 13.9. The van der Waals surface area contributed by atoms with Crippen molar-refractivity contribution in [3.05, 3.63) is 81.5 Å². The van der Waals surface area contributed by atoms with Gasteiger partial charge in [0.2, 0.25) is 35.7 Å². The standard InChI is InChI=1S/C89H138F6N12S2/c1-9-15-21-27-33-35-37-39-41-47-61-96-81-100-83(104-85(102-81)106(63-49-43-29-23-17-11-3)64-50-44-30-24-18-12-4)98-73-57-53-71(54-58-73)77-67-75(69(7)108-77)79-80(88(92,93)89(94,95)87(79,90)91)76-68-78(109-70(76)8)72-55-59-74(60-56-72)99-84-101-82(97-62-48-42-40-38-36-34-28-22-16-10-2)103-86(105-84)107(65-51-45-31-25-19-13-5)66-52-46-32-26-20-14-6/h53-60,67-68H,9-52,61-66H2,1-8H3,(H2,96,98,100,102,104)(H2,97,99,101,103,105). The van der Waals surface area contributed by atoms with Crippen LogP contribution in [0.2, 0.25) is 0 Å². The summed E-state index contributed by atoms with van der Waals surface area (Å²) < 4.78 is 99.0. The Labute approximate surface area is 661 Å². The molecule has 4 heterocycles. The van der Waals surface area contributed by atoms with Gasteiger partial charge in [0.15, 0.2) is 0 Å². The summed E-state index contributed by atoms with van der Waals surface area (Å²) in [7, 11) is 0. The number of rotatable bonds is 62. The fraction of sp³-hybridized carbons (Fsp3) is 0.685. The molecule has 0 bridgehead atoms. The lowest BCUT2D eigenvalue weighted by molar-refractivity contribution is -0.254. The highest BCUT2D eigenvalue weighted by Crippen LogP contribution is 2.66. The van der Waals surface area contributed by atoms with Crippen LogP contribution in [0.5, 0.6) is 0 Å². The van der Waals surface area contributed by atoms with Crippen molar-refractivity contribution < 1.29 is 26.3 Å². The second kappa shape index (κ2) is 50.2. The topological polar surface area (TPSA) is 132 Å². The number of thiophene rings is 2. The smallest absolute Gasteiger partial charge is 0.354 e. The van der Waals surface area contributed by atoms with Gasteiger partial charge in [-0.1, -0.05) is 310 Å². The molecule has 0 fully saturated rings. The van der Waals surface area contributed by atoms with Crippen molar-refractivity contribution in [1.29, 1.82) is 0 Å². The first-order valence-electron chi connectivity index (χ1n) is 43.3. The van der Waals surface area contributed by atoms with Crippen molar-refractivity contribution in [2.75, 3.05) is 70.3 Å². The molecule has 20 heteroatoms. The van der Waals surface area contributed by atoms with Crippen molar-refractivity contribution in [2.45, 2.75) is 356 Å². The van der Waals surface area contributed by atoms with Gasteiger partial charge in [-0.25, -0.2) is 0 Å². The Kier molecular flexibility index (Phi) is 41.5. The van der Waals surface area contributed by atoms with Crippen LogP contribution >= 0.6 is 22.7 Å². The van der Waals surface area contributed by atoms with Crippen molar-refractivity contribution >= 4 is 80.9 Å². The van der Waals surface area contributed by atoms with Crippen LogP contribution in [-0.4, -0.2) is 86.9 Å². The Hall–Kier alpha value is -6.02. The molecule has 0 atom stereocenters. The first-order chi connectivity index (χ1) is 53.0. The van der Waals surface area contributed by atoms with E-state index in [0.717, 1.165) is 139 Å². The van der Waals surface area contributed by atoms with Gasteiger partial charge < -0.3 is 31.1 Å². The maximum atomic E-state index is 16.7. The molecule has 7 rings (SSSR count). The van der Waals surface area contributed by atoms with Gasteiger partial charge in [0, 0.05) is 81.3 Å². The lowest BCUT2D eigenvalue weighted by Crippen LogP contribution is -2.48. The zero-order valence-electron chi connectivity index (χ0n) is 68.3. The number of nitrogens with one attached hydrogen (secondary N) is 4. The molecule has 1 aliphatic carbocycles. The maximum Gasteiger partial charge on any atom is 0.380 e. The largest absolute Gasteiger partial charge is 0.380 e. The monoisotopic (exact) mass is 1550 g/mol. The molecule has 0 spiro atoms. The molecule has 0 radical (unpaired) electrons. The van der Waals surface area contributed by atoms with Crippen LogP contribution in [0.1, 0.15) is 345 Å². The number of anilines is 8. The van der Waals surface area contributed by atoms with E-state index in [-0.39, 0.29) is 20.9 Å². The SMILES string of the molecule is CCCCCCCCCCCCNc1nc(Nc2ccc(-c3cc(C4=C(c5cc(-c6ccc(Nc7nc(NCCCCCCCCCCCC)nc(N(CCCCCCCC)CCCCCCCC)n7)cc6)sc5C)C(F)(F)C(F)(F)C4(F)F)c(C)s3)cc2)nc(N(CCCCCCCC)CCCCCCCC)n1. The summed E-state index contributed by atoms with van der Waals surface area (Å²) in [5.74, 6) is -13.2. The number of aryl methyl sites for hydroxylation is 2. The van der Waals surface area contributed by atoms with Gasteiger partial charge in [-0.05, 0) is 111 Å². The van der Waals surface area contributed by atoms with E-state index in [4.69, 9.17) is 29.9 Å². The molecule has 0 unspecified atom stereocenters. The van der Waals surface area contributed by atoms with Crippen LogP contribution in [0, 0.1) is 13.8 Å². The molecular weight excluding hydrogens is 1420 g/mol. The van der Waals surface area contributed by atoms with Crippen molar-refractivity contribution in [3.8, 4) is 20.9 Å². The highest BCUT2D eigenvalue weighted by Gasteiger charge is 2.80. The molecule has 109 heavy (non-hydrogen) atoms. The van der Waals surface area contributed by atoms with E-state index in [9.17, 15) is 0 Å². The summed E-state index contributed by atoms with van der Waals surface area (Å²) in [5.41, 5.74) is -0.886. The number of hydrogen-bond donors (Lipinski definition) is 4. The molecule has 0 amide bonds. The number of hydrogen-bond acceptors (Lipinski definition) is 14. The zero-order chi connectivity index (χ0) is 78.0. The molecule has 1 aliphatic rings. The Morgan fingerprint density at radius 1 is 0.312 bits per heavy atom. The quantitative estimate of drug-likeness (QED) is 0.0214. The van der Waals surface area contributed by atoms with E-state index in [2.05, 4.69) is 72.6 Å². The highest BCUT2D eigenvalue weighted by molar-refractivity contribution is 7.16. The number of allylic oxidation sites excluding steroid dienone is 2. The molecule has 0 aliphatic heterocycles. The molecule has 608 valence electrons. The minimum Gasteiger partial charge on any atom is -0.354 e. The number of nitrogens with zero attached hydrogens (tertiary/aromatic N) is 8. The van der Waals surface area contributed by atoms with Gasteiger partial charge in [-0.2, -0.15) is 56.2 Å².